The summed E-state index contributed by atoms with van der Waals surface area (Å²) in [4.78, 5) is -5.40. The summed E-state index contributed by atoms with van der Waals surface area (Å²) in [5.74, 6) is 0.548. The second-order valence-corrected chi connectivity index (χ2v) is 25.9. The Bertz CT molecular complexity index is 508. The topological polar surface area (TPSA) is 27.6 Å². The monoisotopic (exact) mass is 439 g/mol. The molecule has 110 valence electrons. The average Bonchev–Trinajstić information content (AvgIpc) is 2.70. The van der Waals surface area contributed by atoms with E-state index in [0.29, 0.717) is 14.4 Å². The molecule has 0 amide bonds. The molecule has 0 aromatic carbocycles. The van der Waals surface area contributed by atoms with Crippen molar-refractivity contribution in [1.29, 1.82) is 0 Å². The normalized spacial score (nSPS) is 49.9. The molecule has 0 spiro atoms. The molecule has 1 fully saturated rings. The molecule has 0 saturated heterocycles. The van der Waals surface area contributed by atoms with Gasteiger partial charge in [-0.25, -0.2) is 0 Å². The average molecular weight is 442 g/mol. The fourth-order valence-electron chi connectivity index (χ4n) is 2.87. The van der Waals surface area contributed by atoms with Crippen molar-refractivity contribution in [1.82, 2.24) is 9.30 Å². The Hall–Kier alpha value is 2.36. The van der Waals surface area contributed by atoms with Crippen LogP contribution in [0.15, 0.2) is 16.7 Å². The summed E-state index contributed by atoms with van der Waals surface area (Å²) in [6, 6.07) is 0. The van der Waals surface area contributed by atoms with Crippen LogP contribution in [0.3, 0.4) is 0 Å². The van der Waals surface area contributed by atoms with Crippen molar-refractivity contribution in [2.75, 3.05) is 0 Å². The van der Waals surface area contributed by atoms with Gasteiger partial charge in [0.2, 0.25) is 0 Å². The zero-order chi connectivity index (χ0) is 14.2. The van der Waals surface area contributed by atoms with Gasteiger partial charge in [-0.05, 0) is 0 Å². The van der Waals surface area contributed by atoms with E-state index < -0.39 is 9.93 Å². The summed E-state index contributed by atoms with van der Waals surface area (Å²) in [5, 5.41) is 0. The van der Waals surface area contributed by atoms with Gasteiger partial charge in [-0.1, -0.05) is 0 Å². The summed E-state index contributed by atoms with van der Waals surface area (Å²) in [7, 11) is 0.418. The van der Waals surface area contributed by atoms with Crippen molar-refractivity contribution in [2.45, 2.75) is 24.8 Å². The predicted octanol–water partition coefficient (Wildman–Crippen LogP) is 7.73. The first-order chi connectivity index (χ1) is 8.37. The molecule has 3 rings (SSSR count). The van der Waals surface area contributed by atoms with Gasteiger partial charge in [0.15, 0.2) is 0 Å². The second-order valence-electron chi connectivity index (χ2n) is 5.08. The Kier molecular flexibility index (Phi) is 3.63. The van der Waals surface area contributed by atoms with Crippen molar-refractivity contribution in [2.24, 2.45) is 10.4 Å². The van der Waals surface area contributed by atoms with Crippen LogP contribution in [-0.4, -0.2) is 9.98 Å². The summed E-state index contributed by atoms with van der Waals surface area (Å²) in [6.07, 6.45) is 7.24. The van der Waals surface area contributed by atoms with Crippen molar-refractivity contribution >= 4 is 85.9 Å². The first-order valence-electron chi connectivity index (χ1n) is 5.46. The second kappa shape index (κ2) is 4.25. The third-order valence-electron chi connectivity index (χ3n) is 3.54. The van der Waals surface area contributed by atoms with E-state index in [1.807, 2.05) is 0 Å². The number of hydrogen-bond donors (Lipinski definition) is 1. The van der Waals surface area contributed by atoms with Crippen LogP contribution in [0.4, 0.5) is 0 Å². The number of allylic oxidation sites excluding steroid dienone is 1. The van der Waals surface area contributed by atoms with Gasteiger partial charge in [0.05, 0.1) is 0 Å². The number of nitrogens with one attached hydrogen (secondary N) is 1. The fraction of sp³-hybridized carbons (Fsp3) is 0.714. The molecule has 1 saturated carbocycles. The van der Waals surface area contributed by atoms with Crippen molar-refractivity contribution in [3.63, 3.8) is 0 Å². The Morgan fingerprint density at radius 1 is 1.26 bits per heavy atom. The molecule has 1 N–H and O–H groups in total. The van der Waals surface area contributed by atoms with E-state index in [2.05, 4.69) is 21.5 Å². The van der Waals surface area contributed by atoms with Crippen LogP contribution >= 0.6 is 85.9 Å². The van der Waals surface area contributed by atoms with Crippen LogP contribution in [0.25, 0.3) is 0 Å². The van der Waals surface area contributed by atoms with E-state index in [0.717, 1.165) is 19.3 Å². The number of hydrogen-bond acceptors (Lipinski definition) is 3. The quantitative estimate of drug-likeness (QED) is 0.333. The molecular formula is C7H10Cl6N3P3. The van der Waals surface area contributed by atoms with Gasteiger partial charge >= 0.3 is 143 Å². The van der Waals surface area contributed by atoms with Gasteiger partial charge in [-0.2, -0.15) is 0 Å². The summed E-state index contributed by atoms with van der Waals surface area (Å²) in [5.41, 5.74) is -0.281. The Balaban J connectivity index is 2.08. The minimum absolute atomic E-state index is 0.281. The SMILES string of the molecule is ClP1(Cl)(Cl)N=PN(C23C=CC(CC2)C3)P(Cl)(Cl)(Cl)N1. The third-order valence-corrected chi connectivity index (χ3v) is 18.7. The van der Waals surface area contributed by atoms with Crippen LogP contribution in [0, 0.1) is 5.92 Å². The number of halogens is 6. The van der Waals surface area contributed by atoms with E-state index >= 15 is 0 Å². The summed E-state index contributed by atoms with van der Waals surface area (Å²) >= 11 is 37.7. The van der Waals surface area contributed by atoms with Crippen molar-refractivity contribution in [3.8, 4) is 0 Å². The van der Waals surface area contributed by atoms with Gasteiger partial charge in [-0.15, -0.1) is 0 Å². The number of fused-ring (bicyclic) bond motifs is 2. The van der Waals surface area contributed by atoms with Crippen LogP contribution in [-0.2, 0) is 0 Å². The first-order valence-corrected chi connectivity index (χ1v) is 16.1. The van der Waals surface area contributed by atoms with E-state index in [-0.39, 0.29) is 5.54 Å². The molecule has 3 nitrogen and oxygen atoms in total. The maximum absolute atomic E-state index is 6.49. The molecule has 12 heteroatoms. The first kappa shape index (κ1) is 16.2. The van der Waals surface area contributed by atoms with Crippen LogP contribution < -0.4 is 4.86 Å². The van der Waals surface area contributed by atoms with Crippen LogP contribution in [0.5, 0.6) is 0 Å². The van der Waals surface area contributed by atoms with Crippen LogP contribution in [0.2, 0.25) is 0 Å². The number of rotatable bonds is 1. The van der Waals surface area contributed by atoms with Gasteiger partial charge in [-0.3, -0.25) is 0 Å². The Morgan fingerprint density at radius 3 is 2.37 bits per heavy atom. The molecule has 1 heterocycles. The van der Waals surface area contributed by atoms with Crippen molar-refractivity contribution < 1.29 is 0 Å². The Morgan fingerprint density at radius 2 is 1.95 bits per heavy atom. The van der Waals surface area contributed by atoms with Crippen molar-refractivity contribution in [3.05, 3.63) is 12.2 Å². The fourth-order valence-corrected chi connectivity index (χ4v) is 23.2. The molecule has 0 aromatic heterocycles. The van der Waals surface area contributed by atoms with Gasteiger partial charge < -0.3 is 0 Å². The van der Waals surface area contributed by atoms with Crippen LogP contribution in [0.1, 0.15) is 19.3 Å². The standard InChI is InChI=1S/C7H10Cl6N3P3/c8-18(9,10)14-17-16(19(11,12,13)15-18)7-3-1-6(5-7)2-4-7/h1,3,6,15H,2,4-5H2. The molecule has 0 radical (unpaired) electrons. The maximum atomic E-state index is 6.49. The molecule has 2 aliphatic carbocycles. The summed E-state index contributed by atoms with van der Waals surface area (Å²) in [6.45, 7) is 0. The van der Waals surface area contributed by atoms with E-state index in [9.17, 15) is 0 Å². The predicted molar refractivity (Wildman–Crippen MR) is 92.5 cm³/mol. The molecule has 0 aromatic rings. The third kappa shape index (κ3) is 2.93. The van der Waals surface area contributed by atoms with E-state index in [1.54, 1.807) is 4.44 Å². The molecule has 2 bridgehead atoms. The van der Waals surface area contributed by atoms with Gasteiger partial charge in [0, 0.05) is 0 Å². The van der Waals surface area contributed by atoms with E-state index in [1.165, 1.54) is 0 Å². The molecule has 1 aliphatic heterocycles. The zero-order valence-electron chi connectivity index (χ0n) is 9.36. The van der Waals surface area contributed by atoms with Gasteiger partial charge in [0.1, 0.15) is 0 Å². The Labute approximate surface area is 142 Å². The molecular weight excluding hydrogens is 432 g/mol. The molecule has 3 aliphatic rings. The number of nitrogens with zero attached hydrogens (tertiary/aromatic N) is 2. The molecule has 2 unspecified atom stereocenters. The molecule has 2 atom stereocenters. The van der Waals surface area contributed by atoms with Gasteiger partial charge in [0.25, 0.3) is 0 Å². The summed E-state index contributed by atoms with van der Waals surface area (Å²) < 4.78 is 5.90. The van der Waals surface area contributed by atoms with E-state index in [4.69, 9.17) is 67.4 Å². The zero-order valence-corrected chi connectivity index (χ0v) is 16.6. The minimum atomic E-state index is -4.04. The molecule has 19 heavy (non-hydrogen) atoms.